The fraction of sp³-hybridized carbons (Fsp3) is 0.714. The lowest BCUT2D eigenvalue weighted by Gasteiger charge is -2.07. The molecule has 4 heteroatoms. The first-order valence-corrected chi connectivity index (χ1v) is 4.73. The minimum atomic E-state index is -1.86. The Labute approximate surface area is 70.0 Å². The van der Waals surface area contributed by atoms with Gasteiger partial charge in [-0.05, 0) is 12.3 Å². The summed E-state index contributed by atoms with van der Waals surface area (Å²) in [6.07, 6.45) is 2.41. The fourth-order valence-corrected chi connectivity index (χ4v) is 1.13. The molecule has 66 valence electrons. The van der Waals surface area contributed by atoms with Crippen LogP contribution in [-0.4, -0.2) is 14.8 Å². The van der Waals surface area contributed by atoms with E-state index in [2.05, 4.69) is 13.8 Å². The minimum absolute atomic E-state index is 0.105. The molecule has 1 unspecified atom stereocenters. The van der Waals surface area contributed by atoms with E-state index in [-0.39, 0.29) is 6.04 Å². The van der Waals surface area contributed by atoms with Gasteiger partial charge in [-0.1, -0.05) is 19.9 Å². The van der Waals surface area contributed by atoms with Crippen molar-refractivity contribution < 1.29 is 8.76 Å². The molecular weight excluding hydrogens is 162 g/mol. The van der Waals surface area contributed by atoms with E-state index in [9.17, 15) is 4.21 Å². The summed E-state index contributed by atoms with van der Waals surface area (Å²) in [5.74, 6) is 0.516. The molecule has 0 fully saturated rings. The Balaban J connectivity index is 3.68. The normalized spacial score (nSPS) is 17.5. The second-order valence-electron chi connectivity index (χ2n) is 2.90. The summed E-state index contributed by atoms with van der Waals surface area (Å²) in [7, 11) is 0. The lowest BCUT2D eigenvalue weighted by atomic mass is 10.1. The van der Waals surface area contributed by atoms with Crippen LogP contribution in [0.3, 0.4) is 0 Å². The molecule has 0 aromatic rings. The largest absolute Gasteiger partial charge is 0.324 e. The van der Waals surface area contributed by atoms with E-state index in [0.717, 1.165) is 6.42 Å². The zero-order valence-electron chi connectivity index (χ0n) is 6.86. The van der Waals surface area contributed by atoms with Crippen LogP contribution in [-0.2, 0) is 11.1 Å². The van der Waals surface area contributed by atoms with E-state index in [1.54, 1.807) is 6.08 Å². The molecule has 3 N–H and O–H groups in total. The van der Waals surface area contributed by atoms with Crippen molar-refractivity contribution in [2.45, 2.75) is 26.3 Å². The SMILES string of the molecule is CC(C)C[C@H](N)/C=C/S(=O)O. The lowest BCUT2D eigenvalue weighted by molar-refractivity contribution is 0.545. The van der Waals surface area contributed by atoms with Crippen LogP contribution in [0.4, 0.5) is 0 Å². The van der Waals surface area contributed by atoms with Gasteiger partial charge < -0.3 is 10.3 Å². The molecule has 0 aliphatic carbocycles. The molecule has 0 radical (unpaired) electrons. The van der Waals surface area contributed by atoms with Crippen LogP contribution >= 0.6 is 0 Å². The predicted octanol–water partition coefficient (Wildman–Crippen LogP) is 1.10. The van der Waals surface area contributed by atoms with Gasteiger partial charge in [-0.2, -0.15) is 0 Å². The van der Waals surface area contributed by atoms with Gasteiger partial charge in [0.15, 0.2) is 11.1 Å². The molecule has 0 aromatic carbocycles. The quantitative estimate of drug-likeness (QED) is 0.632. The summed E-state index contributed by atoms with van der Waals surface area (Å²) in [4.78, 5) is 0. The van der Waals surface area contributed by atoms with E-state index in [0.29, 0.717) is 5.92 Å². The van der Waals surface area contributed by atoms with Gasteiger partial charge in [0.2, 0.25) is 0 Å². The Bertz CT molecular complexity index is 157. The van der Waals surface area contributed by atoms with Gasteiger partial charge in [0, 0.05) is 11.4 Å². The highest BCUT2D eigenvalue weighted by Gasteiger charge is 2.00. The van der Waals surface area contributed by atoms with Gasteiger partial charge in [-0.3, -0.25) is 0 Å². The molecule has 0 saturated carbocycles. The highest BCUT2D eigenvalue weighted by molar-refractivity contribution is 7.82. The molecule has 0 heterocycles. The van der Waals surface area contributed by atoms with Crippen LogP contribution in [0.25, 0.3) is 0 Å². The minimum Gasteiger partial charge on any atom is -0.324 e. The van der Waals surface area contributed by atoms with Crippen molar-refractivity contribution in [1.29, 1.82) is 0 Å². The molecule has 2 atom stereocenters. The summed E-state index contributed by atoms with van der Waals surface area (Å²) in [5, 5.41) is 1.20. The van der Waals surface area contributed by atoms with Crippen molar-refractivity contribution in [3.63, 3.8) is 0 Å². The van der Waals surface area contributed by atoms with Gasteiger partial charge in [0.1, 0.15) is 0 Å². The third-order valence-electron chi connectivity index (χ3n) is 1.19. The summed E-state index contributed by atoms with van der Waals surface area (Å²) in [5.41, 5.74) is 5.59. The maximum atomic E-state index is 10.2. The van der Waals surface area contributed by atoms with Crippen molar-refractivity contribution in [3.05, 3.63) is 11.5 Å². The third kappa shape index (κ3) is 7.71. The number of hydrogen-bond donors (Lipinski definition) is 2. The van der Waals surface area contributed by atoms with Crippen molar-refractivity contribution >= 4 is 11.1 Å². The summed E-state index contributed by atoms with van der Waals surface area (Å²) >= 11 is -1.86. The maximum absolute atomic E-state index is 10.2. The van der Waals surface area contributed by atoms with Crippen LogP contribution < -0.4 is 5.73 Å². The van der Waals surface area contributed by atoms with Crippen LogP contribution in [0.15, 0.2) is 11.5 Å². The van der Waals surface area contributed by atoms with E-state index >= 15 is 0 Å². The molecule has 0 amide bonds. The second-order valence-corrected chi connectivity index (χ2v) is 3.72. The number of nitrogens with two attached hydrogens (primary N) is 1. The van der Waals surface area contributed by atoms with Crippen molar-refractivity contribution in [1.82, 2.24) is 0 Å². The zero-order chi connectivity index (χ0) is 8.85. The van der Waals surface area contributed by atoms with Gasteiger partial charge >= 0.3 is 0 Å². The van der Waals surface area contributed by atoms with Crippen molar-refractivity contribution in [2.24, 2.45) is 11.7 Å². The highest BCUT2D eigenvalue weighted by Crippen LogP contribution is 2.03. The maximum Gasteiger partial charge on any atom is 0.178 e. The van der Waals surface area contributed by atoms with Crippen LogP contribution in [0, 0.1) is 5.92 Å². The molecule has 0 bridgehead atoms. The van der Waals surface area contributed by atoms with Gasteiger partial charge in [0.05, 0.1) is 0 Å². The first-order chi connectivity index (χ1) is 5.02. The molecular formula is C7H15NO2S. The molecule has 0 saturated heterocycles. The van der Waals surface area contributed by atoms with Crippen LogP contribution in [0.2, 0.25) is 0 Å². The van der Waals surface area contributed by atoms with E-state index in [4.69, 9.17) is 10.3 Å². The Morgan fingerprint density at radius 2 is 2.18 bits per heavy atom. The zero-order valence-corrected chi connectivity index (χ0v) is 7.67. The molecule has 0 aliphatic rings. The van der Waals surface area contributed by atoms with Crippen molar-refractivity contribution in [2.75, 3.05) is 0 Å². The number of rotatable bonds is 4. The molecule has 11 heavy (non-hydrogen) atoms. The Morgan fingerprint density at radius 3 is 2.55 bits per heavy atom. The lowest BCUT2D eigenvalue weighted by Crippen LogP contribution is -2.19. The van der Waals surface area contributed by atoms with Gasteiger partial charge in [-0.15, -0.1) is 0 Å². The average molecular weight is 177 g/mol. The Hall–Kier alpha value is -0.190. The van der Waals surface area contributed by atoms with E-state index < -0.39 is 11.1 Å². The van der Waals surface area contributed by atoms with Crippen LogP contribution in [0.5, 0.6) is 0 Å². The van der Waals surface area contributed by atoms with Crippen molar-refractivity contribution in [3.8, 4) is 0 Å². The molecule has 0 spiro atoms. The fourth-order valence-electron chi connectivity index (χ4n) is 0.791. The van der Waals surface area contributed by atoms with Crippen LogP contribution in [0.1, 0.15) is 20.3 Å². The molecule has 0 aliphatic heterocycles. The summed E-state index contributed by atoms with van der Waals surface area (Å²) in [6, 6.07) is -0.105. The average Bonchev–Trinajstić information content (AvgIpc) is 1.82. The Morgan fingerprint density at radius 1 is 1.64 bits per heavy atom. The monoisotopic (exact) mass is 177 g/mol. The van der Waals surface area contributed by atoms with Gasteiger partial charge in [-0.25, -0.2) is 4.21 Å². The third-order valence-corrected chi connectivity index (χ3v) is 1.58. The predicted molar refractivity (Wildman–Crippen MR) is 47.3 cm³/mol. The topological polar surface area (TPSA) is 63.3 Å². The van der Waals surface area contributed by atoms with E-state index in [1.807, 2.05) is 0 Å². The number of hydrogen-bond acceptors (Lipinski definition) is 2. The smallest absolute Gasteiger partial charge is 0.178 e. The first kappa shape index (κ1) is 10.8. The summed E-state index contributed by atoms with van der Waals surface area (Å²) < 4.78 is 18.5. The molecule has 3 nitrogen and oxygen atoms in total. The molecule has 0 aromatic heterocycles. The summed E-state index contributed by atoms with van der Waals surface area (Å²) in [6.45, 7) is 4.12. The van der Waals surface area contributed by atoms with E-state index in [1.165, 1.54) is 5.41 Å². The highest BCUT2D eigenvalue weighted by atomic mass is 32.2. The second kappa shape index (κ2) is 5.46. The first-order valence-electron chi connectivity index (χ1n) is 3.56. The molecule has 0 rings (SSSR count). The van der Waals surface area contributed by atoms with Gasteiger partial charge in [0.25, 0.3) is 0 Å². The Kier molecular flexibility index (Phi) is 5.36. The standard InChI is InChI=1S/C7H15NO2S/c1-6(2)5-7(8)3-4-11(9)10/h3-4,6-7H,5,8H2,1-2H3,(H,9,10)/b4-3+/t7-/m1/s1.